The number of benzene rings is 1. The maximum atomic E-state index is 13.5. The van der Waals surface area contributed by atoms with Crippen LogP contribution in [0.1, 0.15) is 16.1 Å². The Balaban J connectivity index is 1.37. The second kappa shape index (κ2) is 9.43. The van der Waals surface area contributed by atoms with Crippen molar-refractivity contribution in [2.75, 3.05) is 49.1 Å². The highest BCUT2D eigenvalue weighted by Gasteiger charge is 2.31. The third-order valence-electron chi connectivity index (χ3n) is 5.53. The Morgan fingerprint density at radius 1 is 1.13 bits per heavy atom. The number of nitrogens with zero attached hydrogens (tertiary/aromatic N) is 2. The Hall–Kier alpha value is -1.69. The summed E-state index contributed by atoms with van der Waals surface area (Å²) in [4.78, 5) is 15.0. The first kappa shape index (κ1) is 22.5. The molecule has 1 aromatic carbocycles. The second-order valence-electron chi connectivity index (χ2n) is 7.54. The number of sulfonamides is 1. The van der Waals surface area contributed by atoms with Crippen molar-refractivity contribution in [1.29, 1.82) is 0 Å². The number of hydrogen-bond acceptors (Lipinski definition) is 6. The van der Waals surface area contributed by atoms with Crippen molar-refractivity contribution in [3.8, 4) is 0 Å². The van der Waals surface area contributed by atoms with E-state index in [1.165, 1.54) is 16.4 Å². The smallest absolute Gasteiger partial charge is 0.262 e. The number of carbonyl (C=O) groups excluding carboxylic acids is 1. The van der Waals surface area contributed by atoms with Gasteiger partial charge in [-0.15, -0.1) is 11.3 Å². The van der Waals surface area contributed by atoms with E-state index in [-0.39, 0.29) is 15.7 Å². The van der Waals surface area contributed by atoms with Crippen molar-refractivity contribution in [2.45, 2.75) is 11.3 Å². The fourth-order valence-corrected chi connectivity index (χ4v) is 7.72. The average molecular weight is 488 g/mol. The zero-order valence-corrected chi connectivity index (χ0v) is 19.2. The Kier molecular flexibility index (Phi) is 6.85. The van der Waals surface area contributed by atoms with Crippen LogP contribution in [0.25, 0.3) is 0 Å². The predicted octanol–water partition coefficient (Wildman–Crippen LogP) is 3.02. The van der Waals surface area contributed by atoms with E-state index in [1.807, 2.05) is 4.90 Å². The molecule has 1 unspecified atom stereocenters. The molecule has 1 atom stereocenters. The highest BCUT2D eigenvalue weighted by atomic mass is 32.2. The van der Waals surface area contributed by atoms with Crippen LogP contribution in [-0.4, -0.2) is 62.9 Å². The van der Waals surface area contributed by atoms with Crippen molar-refractivity contribution < 1.29 is 22.0 Å². The van der Waals surface area contributed by atoms with Gasteiger partial charge in [-0.2, -0.15) is 16.1 Å². The zero-order valence-electron chi connectivity index (χ0n) is 16.7. The Labute approximate surface area is 188 Å². The molecule has 2 fully saturated rings. The van der Waals surface area contributed by atoms with Gasteiger partial charge in [0.1, 0.15) is 9.77 Å². The molecule has 0 aliphatic carbocycles. The molecule has 168 valence electrons. The molecule has 31 heavy (non-hydrogen) atoms. The van der Waals surface area contributed by atoms with Gasteiger partial charge in [-0.25, -0.2) is 17.2 Å². The minimum atomic E-state index is -3.69. The third-order valence-corrected chi connectivity index (χ3v) is 9.45. The number of carbonyl (C=O) groups is 1. The molecule has 1 N–H and O–H groups in total. The number of anilines is 1. The van der Waals surface area contributed by atoms with Crippen LogP contribution in [0.15, 0.2) is 34.5 Å². The molecule has 11 heteroatoms. The first-order chi connectivity index (χ1) is 14.9. The second-order valence-corrected chi connectivity index (χ2v) is 11.6. The molecule has 3 heterocycles. The van der Waals surface area contributed by atoms with Crippen molar-refractivity contribution >= 4 is 44.7 Å². The largest absolute Gasteiger partial charge is 0.371 e. The van der Waals surface area contributed by atoms with Crippen LogP contribution in [0, 0.1) is 17.6 Å². The van der Waals surface area contributed by atoms with Gasteiger partial charge in [0.05, 0.1) is 0 Å². The van der Waals surface area contributed by atoms with Crippen molar-refractivity contribution in [3.63, 3.8) is 0 Å². The first-order valence-corrected chi connectivity index (χ1v) is 13.5. The van der Waals surface area contributed by atoms with Crippen LogP contribution < -0.4 is 10.2 Å². The molecule has 1 aromatic heterocycles. The third kappa shape index (κ3) is 4.89. The molecule has 0 spiro atoms. The highest BCUT2D eigenvalue weighted by Crippen LogP contribution is 2.28. The summed E-state index contributed by atoms with van der Waals surface area (Å²) in [7, 11) is -3.69. The van der Waals surface area contributed by atoms with E-state index in [1.54, 1.807) is 23.2 Å². The molecule has 0 saturated carbocycles. The summed E-state index contributed by atoms with van der Waals surface area (Å²) in [6.45, 7) is 2.57. The van der Waals surface area contributed by atoms with Crippen LogP contribution in [0.5, 0.6) is 0 Å². The van der Waals surface area contributed by atoms with Crippen LogP contribution in [-0.2, 0) is 10.0 Å². The fraction of sp³-hybridized carbons (Fsp3) is 0.450. The lowest BCUT2D eigenvalue weighted by Crippen LogP contribution is -2.38. The average Bonchev–Trinajstić information content (AvgIpc) is 3.45. The summed E-state index contributed by atoms with van der Waals surface area (Å²) >= 11 is 2.84. The summed E-state index contributed by atoms with van der Waals surface area (Å²) in [6.07, 6.45) is 0.792. The zero-order chi connectivity index (χ0) is 22.0. The lowest BCUT2D eigenvalue weighted by atomic mass is 10.1. The van der Waals surface area contributed by atoms with Gasteiger partial charge in [-0.1, -0.05) is 0 Å². The molecule has 2 aliphatic heterocycles. The number of halogens is 2. The van der Waals surface area contributed by atoms with Crippen molar-refractivity contribution in [3.05, 3.63) is 46.2 Å². The minimum absolute atomic E-state index is 0.0664. The van der Waals surface area contributed by atoms with E-state index in [2.05, 4.69) is 5.32 Å². The van der Waals surface area contributed by atoms with Gasteiger partial charge < -0.3 is 10.2 Å². The summed E-state index contributed by atoms with van der Waals surface area (Å²) in [5.74, 6) is -0.519. The molecule has 2 saturated heterocycles. The number of hydrogen-bond donors (Lipinski definition) is 1. The number of thioether (sulfide) groups is 1. The predicted molar refractivity (Wildman–Crippen MR) is 119 cm³/mol. The summed E-state index contributed by atoms with van der Waals surface area (Å²) in [5.41, 5.74) is 0.610. The highest BCUT2D eigenvalue weighted by molar-refractivity contribution is 7.99. The van der Waals surface area contributed by atoms with E-state index in [0.29, 0.717) is 38.4 Å². The maximum Gasteiger partial charge on any atom is 0.262 e. The monoisotopic (exact) mass is 487 g/mol. The topological polar surface area (TPSA) is 69.7 Å². The van der Waals surface area contributed by atoms with Gasteiger partial charge >= 0.3 is 0 Å². The Morgan fingerprint density at radius 3 is 2.65 bits per heavy atom. The van der Waals surface area contributed by atoms with Gasteiger partial charge in [0, 0.05) is 56.0 Å². The van der Waals surface area contributed by atoms with E-state index < -0.39 is 27.6 Å². The summed E-state index contributed by atoms with van der Waals surface area (Å²) in [5, 5.41) is 4.48. The van der Waals surface area contributed by atoms with Crippen molar-refractivity contribution in [2.24, 2.45) is 5.92 Å². The SMILES string of the molecule is O=C(NCC1CCN(c2ccc(F)c(F)c2)C1)c1sccc1S(=O)(=O)N1CCSCC1. The molecule has 4 rings (SSSR count). The molecule has 2 aromatic rings. The molecule has 0 radical (unpaired) electrons. The normalized spacial score (nSPS) is 20.2. The molecule has 2 aliphatic rings. The van der Waals surface area contributed by atoms with Gasteiger partial charge in [0.25, 0.3) is 5.91 Å². The Morgan fingerprint density at radius 2 is 1.90 bits per heavy atom. The van der Waals surface area contributed by atoms with Crippen LogP contribution in [0.4, 0.5) is 14.5 Å². The van der Waals surface area contributed by atoms with Gasteiger partial charge in [-0.3, -0.25) is 4.79 Å². The van der Waals surface area contributed by atoms with E-state index in [9.17, 15) is 22.0 Å². The molecular weight excluding hydrogens is 464 g/mol. The minimum Gasteiger partial charge on any atom is -0.371 e. The quantitative estimate of drug-likeness (QED) is 0.679. The van der Waals surface area contributed by atoms with Crippen LogP contribution in [0.2, 0.25) is 0 Å². The number of amides is 1. The van der Waals surface area contributed by atoms with Gasteiger partial charge in [0.2, 0.25) is 10.0 Å². The standard InChI is InChI=1S/C20H23F2N3O3S3/c21-16-2-1-15(11-17(16)22)24-5-3-14(13-24)12-23-20(26)19-18(4-8-30-19)31(27,28)25-6-9-29-10-7-25/h1-2,4,8,11,14H,3,5-7,9-10,12-13H2,(H,23,26). The van der Waals surface area contributed by atoms with Crippen molar-refractivity contribution in [1.82, 2.24) is 9.62 Å². The molecule has 1 amide bonds. The summed E-state index contributed by atoms with van der Waals surface area (Å²) in [6, 6.07) is 5.33. The Bertz CT molecular complexity index is 1050. The summed E-state index contributed by atoms with van der Waals surface area (Å²) < 4.78 is 54.0. The van der Waals surface area contributed by atoms with E-state index in [0.717, 1.165) is 35.3 Å². The van der Waals surface area contributed by atoms with Gasteiger partial charge in [-0.05, 0) is 35.9 Å². The maximum absolute atomic E-state index is 13.5. The number of nitrogens with one attached hydrogen (secondary N) is 1. The lowest BCUT2D eigenvalue weighted by molar-refractivity contribution is 0.0949. The molecule has 6 nitrogen and oxygen atoms in total. The van der Waals surface area contributed by atoms with E-state index >= 15 is 0 Å². The van der Waals surface area contributed by atoms with Crippen LogP contribution in [0.3, 0.4) is 0 Å². The fourth-order valence-electron chi connectivity index (χ4n) is 3.83. The van der Waals surface area contributed by atoms with E-state index in [4.69, 9.17) is 0 Å². The number of rotatable bonds is 6. The molecular formula is C20H23F2N3O3S3. The number of thiophene rings is 1. The lowest BCUT2D eigenvalue weighted by Gasteiger charge is -2.25. The van der Waals surface area contributed by atoms with Gasteiger partial charge in [0.15, 0.2) is 11.6 Å². The first-order valence-electron chi connectivity index (χ1n) is 10.00. The molecule has 0 bridgehead atoms. The van der Waals surface area contributed by atoms with Crippen LogP contribution >= 0.6 is 23.1 Å².